The highest BCUT2D eigenvalue weighted by Crippen LogP contribution is 2.29. The average molecular weight is 389 g/mol. The van der Waals surface area contributed by atoms with E-state index >= 15 is 0 Å². The zero-order chi connectivity index (χ0) is 20.5. The van der Waals surface area contributed by atoms with Gasteiger partial charge in [-0.2, -0.15) is 5.26 Å². The summed E-state index contributed by atoms with van der Waals surface area (Å²) >= 11 is 0. The number of piperazine rings is 1. The molecule has 150 valence electrons. The topological polar surface area (TPSA) is 59.4 Å². The third-order valence-electron chi connectivity index (χ3n) is 5.16. The van der Waals surface area contributed by atoms with E-state index < -0.39 is 0 Å². The van der Waals surface area contributed by atoms with E-state index in [1.807, 2.05) is 25.1 Å². The quantitative estimate of drug-likeness (QED) is 0.584. The number of rotatable bonds is 7. The van der Waals surface area contributed by atoms with E-state index in [1.165, 1.54) is 11.1 Å². The molecule has 0 spiro atoms. The maximum atomic E-state index is 12.1. The van der Waals surface area contributed by atoms with Crippen LogP contribution in [0.5, 0.6) is 0 Å². The van der Waals surface area contributed by atoms with E-state index in [1.54, 1.807) is 6.20 Å². The highest BCUT2D eigenvalue weighted by molar-refractivity contribution is 5.97. The third-order valence-corrected chi connectivity index (χ3v) is 5.16. The van der Waals surface area contributed by atoms with Gasteiger partial charge in [-0.05, 0) is 17.5 Å². The van der Waals surface area contributed by atoms with Crippen molar-refractivity contribution in [3.63, 3.8) is 0 Å². The molecule has 0 saturated carbocycles. The molecule has 0 aliphatic carbocycles. The largest absolute Gasteiger partial charge is 0.374 e. The van der Waals surface area contributed by atoms with Crippen LogP contribution in [-0.4, -0.2) is 48.4 Å². The number of nitrogens with one attached hydrogen (secondary N) is 1. The Labute approximate surface area is 173 Å². The number of hydrogen-bond acceptors (Lipinski definition) is 4. The van der Waals surface area contributed by atoms with Crippen molar-refractivity contribution in [2.75, 3.05) is 32.7 Å². The van der Waals surface area contributed by atoms with Gasteiger partial charge in [0.15, 0.2) is 0 Å². The normalized spacial score (nSPS) is 15.2. The molecule has 1 aliphatic heterocycles. The molecule has 3 rings (SSSR count). The maximum Gasteiger partial charge on any atom is 0.263 e. The van der Waals surface area contributed by atoms with Crippen molar-refractivity contribution in [3.8, 4) is 6.07 Å². The van der Waals surface area contributed by atoms with Gasteiger partial charge in [0.2, 0.25) is 0 Å². The number of benzene rings is 2. The van der Waals surface area contributed by atoms with Crippen LogP contribution in [0.15, 0.2) is 72.4 Å². The van der Waals surface area contributed by atoms with E-state index in [9.17, 15) is 10.1 Å². The fourth-order valence-electron chi connectivity index (χ4n) is 3.66. The van der Waals surface area contributed by atoms with E-state index in [4.69, 9.17) is 0 Å². The molecule has 1 aliphatic rings. The van der Waals surface area contributed by atoms with Crippen LogP contribution in [0.4, 0.5) is 0 Å². The molecule has 1 saturated heterocycles. The number of hydrogen-bond donors (Lipinski definition) is 1. The minimum absolute atomic E-state index is 0.176. The van der Waals surface area contributed by atoms with E-state index in [2.05, 4.69) is 63.6 Å². The summed E-state index contributed by atoms with van der Waals surface area (Å²) in [5.41, 5.74) is 2.73. The van der Waals surface area contributed by atoms with E-state index in [-0.39, 0.29) is 17.5 Å². The van der Waals surface area contributed by atoms with Crippen LogP contribution in [0.1, 0.15) is 30.5 Å². The highest BCUT2D eigenvalue weighted by Gasteiger charge is 2.26. The first-order chi connectivity index (χ1) is 14.2. The van der Waals surface area contributed by atoms with Crippen molar-refractivity contribution < 1.29 is 4.79 Å². The molecule has 1 fully saturated rings. The summed E-state index contributed by atoms with van der Waals surface area (Å²) in [5, 5.41) is 12.1. The summed E-state index contributed by atoms with van der Waals surface area (Å²) in [5.74, 6) is -0.289. The highest BCUT2D eigenvalue weighted by atomic mass is 16.1. The summed E-state index contributed by atoms with van der Waals surface area (Å²) < 4.78 is 0. The van der Waals surface area contributed by atoms with Gasteiger partial charge < -0.3 is 10.2 Å². The number of amides is 1. The van der Waals surface area contributed by atoms with Crippen molar-refractivity contribution in [2.24, 2.45) is 0 Å². The van der Waals surface area contributed by atoms with Crippen LogP contribution < -0.4 is 5.32 Å². The fourth-order valence-corrected chi connectivity index (χ4v) is 3.66. The Hall–Kier alpha value is -3.10. The molecule has 0 unspecified atom stereocenters. The fraction of sp³-hybridized carbons (Fsp3) is 0.333. The molecule has 5 nitrogen and oxygen atoms in total. The summed E-state index contributed by atoms with van der Waals surface area (Å²) in [7, 11) is 0. The van der Waals surface area contributed by atoms with Crippen LogP contribution in [0.2, 0.25) is 0 Å². The standard InChI is InChI=1S/C24H28N4O/c1-2-13-26-24(29)22(18-25)19-27-14-16-28(17-15-27)23(20-9-5-3-6-10-20)21-11-7-4-8-12-21/h3-12,19,23H,2,13-17H2,1H3,(H,26,29)/b22-19-. The van der Waals surface area contributed by atoms with Crippen LogP contribution in [-0.2, 0) is 4.79 Å². The van der Waals surface area contributed by atoms with Gasteiger partial charge in [0.1, 0.15) is 11.6 Å². The Balaban J connectivity index is 1.71. The number of nitrogens with zero attached hydrogens (tertiary/aromatic N) is 3. The predicted molar refractivity (Wildman–Crippen MR) is 115 cm³/mol. The Morgan fingerprint density at radius 3 is 2.07 bits per heavy atom. The zero-order valence-corrected chi connectivity index (χ0v) is 16.9. The van der Waals surface area contributed by atoms with Crippen molar-refractivity contribution in [2.45, 2.75) is 19.4 Å². The van der Waals surface area contributed by atoms with Crippen LogP contribution >= 0.6 is 0 Å². The van der Waals surface area contributed by atoms with E-state index in [0.29, 0.717) is 6.54 Å². The second-order valence-corrected chi connectivity index (χ2v) is 7.21. The Morgan fingerprint density at radius 2 is 1.59 bits per heavy atom. The third kappa shape index (κ3) is 5.46. The molecule has 0 atom stereocenters. The van der Waals surface area contributed by atoms with Crippen LogP contribution in [0.3, 0.4) is 0 Å². The van der Waals surface area contributed by atoms with Crippen molar-refractivity contribution >= 4 is 5.91 Å². The number of carbonyl (C=O) groups excluding carboxylic acids is 1. The second-order valence-electron chi connectivity index (χ2n) is 7.21. The van der Waals surface area contributed by atoms with Crippen LogP contribution in [0.25, 0.3) is 0 Å². The molecule has 5 heteroatoms. The Morgan fingerprint density at radius 1 is 1.03 bits per heavy atom. The van der Waals surface area contributed by atoms with Crippen molar-refractivity contribution in [1.82, 2.24) is 15.1 Å². The lowest BCUT2D eigenvalue weighted by atomic mass is 9.96. The van der Waals surface area contributed by atoms with Crippen molar-refractivity contribution in [3.05, 3.63) is 83.6 Å². The molecule has 1 N–H and O–H groups in total. The van der Waals surface area contributed by atoms with Gasteiger partial charge in [-0.25, -0.2) is 0 Å². The first kappa shape index (κ1) is 20.6. The SMILES string of the molecule is CCCNC(=O)/C(C#N)=C\N1CCN(C(c2ccccc2)c2ccccc2)CC1. The number of carbonyl (C=O) groups is 1. The lowest BCUT2D eigenvalue weighted by molar-refractivity contribution is -0.117. The van der Waals surface area contributed by atoms with Gasteiger partial charge in [0.05, 0.1) is 6.04 Å². The summed E-state index contributed by atoms with van der Waals surface area (Å²) in [6, 6.07) is 23.4. The Bertz CT molecular complexity index is 810. The minimum Gasteiger partial charge on any atom is -0.374 e. The van der Waals surface area contributed by atoms with Gasteiger partial charge in [-0.3, -0.25) is 9.69 Å². The number of nitriles is 1. The van der Waals surface area contributed by atoms with Gasteiger partial charge in [-0.1, -0.05) is 67.6 Å². The van der Waals surface area contributed by atoms with Gasteiger partial charge >= 0.3 is 0 Å². The molecular formula is C24H28N4O. The smallest absolute Gasteiger partial charge is 0.263 e. The van der Waals surface area contributed by atoms with Gasteiger partial charge in [-0.15, -0.1) is 0 Å². The van der Waals surface area contributed by atoms with Gasteiger partial charge in [0, 0.05) is 38.9 Å². The molecule has 0 aromatic heterocycles. The average Bonchev–Trinajstić information content (AvgIpc) is 2.78. The predicted octanol–water partition coefficient (Wildman–Crippen LogP) is 3.33. The molecule has 29 heavy (non-hydrogen) atoms. The molecule has 0 bridgehead atoms. The monoisotopic (exact) mass is 388 g/mol. The summed E-state index contributed by atoms with van der Waals surface area (Å²) in [4.78, 5) is 16.7. The molecule has 1 heterocycles. The molecule has 2 aromatic rings. The first-order valence-electron chi connectivity index (χ1n) is 10.2. The van der Waals surface area contributed by atoms with Crippen molar-refractivity contribution in [1.29, 1.82) is 5.26 Å². The summed E-state index contributed by atoms with van der Waals surface area (Å²) in [6.45, 7) is 5.86. The zero-order valence-electron chi connectivity index (χ0n) is 16.9. The van der Waals surface area contributed by atoms with Crippen LogP contribution in [0, 0.1) is 11.3 Å². The molecule has 0 radical (unpaired) electrons. The molecule has 1 amide bonds. The summed E-state index contributed by atoms with van der Waals surface area (Å²) in [6.07, 6.45) is 2.56. The minimum atomic E-state index is -0.289. The first-order valence-corrected chi connectivity index (χ1v) is 10.2. The second kappa shape index (κ2) is 10.4. The lowest BCUT2D eigenvalue weighted by Gasteiger charge is -2.39. The Kier molecular flexibility index (Phi) is 7.43. The van der Waals surface area contributed by atoms with E-state index in [0.717, 1.165) is 32.6 Å². The van der Waals surface area contributed by atoms with Gasteiger partial charge in [0.25, 0.3) is 5.91 Å². The molecule has 2 aromatic carbocycles. The maximum absolute atomic E-state index is 12.1. The lowest BCUT2D eigenvalue weighted by Crippen LogP contribution is -2.46. The molecular weight excluding hydrogens is 360 g/mol.